The fraction of sp³-hybridized carbons (Fsp3) is 0.692. The Morgan fingerprint density at radius 1 is 1.26 bits per heavy atom. The van der Waals surface area contributed by atoms with Gasteiger partial charge in [0.05, 0.1) is 18.8 Å². The van der Waals surface area contributed by atoms with Crippen LogP contribution >= 0.6 is 0 Å². The fourth-order valence-corrected chi connectivity index (χ4v) is 2.43. The Kier molecular flexibility index (Phi) is 4.68. The van der Waals surface area contributed by atoms with E-state index in [4.69, 9.17) is 9.47 Å². The number of rotatable bonds is 5. The molecular weight excluding hydrogens is 244 g/mol. The minimum Gasteiger partial charge on any atom is -0.377 e. The first-order valence-corrected chi connectivity index (χ1v) is 6.46. The van der Waals surface area contributed by atoms with Crippen LogP contribution in [0.15, 0.2) is 6.07 Å². The van der Waals surface area contributed by atoms with Crippen LogP contribution in [0.2, 0.25) is 0 Å². The topological polar surface area (TPSA) is 59.5 Å². The van der Waals surface area contributed by atoms with Crippen LogP contribution in [0, 0.1) is 6.92 Å². The average molecular weight is 266 g/mol. The van der Waals surface area contributed by atoms with Gasteiger partial charge in [0.15, 0.2) is 0 Å². The number of hydrogen-bond donors (Lipinski definition) is 1. The van der Waals surface area contributed by atoms with Crippen LogP contribution in [0.3, 0.4) is 0 Å². The Bertz CT molecular complexity index is 415. The highest BCUT2D eigenvalue weighted by atomic mass is 16.5. The van der Waals surface area contributed by atoms with Gasteiger partial charge in [-0.2, -0.15) is 0 Å². The van der Waals surface area contributed by atoms with Crippen molar-refractivity contribution in [3.05, 3.63) is 17.6 Å². The van der Waals surface area contributed by atoms with Gasteiger partial charge in [-0.25, -0.2) is 9.97 Å². The van der Waals surface area contributed by atoms with E-state index in [1.54, 1.807) is 14.2 Å². The minimum absolute atomic E-state index is 0.124. The predicted molar refractivity (Wildman–Crippen MR) is 73.2 cm³/mol. The summed E-state index contributed by atoms with van der Waals surface area (Å²) in [5.74, 6) is 1.68. The number of nitrogens with one attached hydrogen (secondary N) is 1. The highest BCUT2D eigenvalue weighted by molar-refractivity contribution is 5.34. The molecule has 1 fully saturated rings. The molecule has 2 rings (SSSR count). The number of ether oxygens (including phenoxy) is 2. The third kappa shape index (κ3) is 3.40. The van der Waals surface area contributed by atoms with Gasteiger partial charge in [-0.3, -0.25) is 4.90 Å². The van der Waals surface area contributed by atoms with Crippen molar-refractivity contribution >= 4 is 5.82 Å². The number of aryl methyl sites for hydroxylation is 1. The molecule has 2 atom stereocenters. The molecule has 106 valence electrons. The highest BCUT2D eigenvalue weighted by Crippen LogP contribution is 2.17. The lowest BCUT2D eigenvalue weighted by atomic mass is 10.3. The van der Waals surface area contributed by atoms with Crippen LogP contribution in [0.4, 0.5) is 5.82 Å². The second-order valence-corrected chi connectivity index (χ2v) is 4.80. The largest absolute Gasteiger partial charge is 0.377 e. The molecular formula is C13H22N4O2. The SMILES string of the molecule is CNc1cc(C)nc(CN2CC(OC)C(OC)C2)n1. The summed E-state index contributed by atoms with van der Waals surface area (Å²) in [5, 5.41) is 3.05. The van der Waals surface area contributed by atoms with Gasteiger partial charge in [-0.15, -0.1) is 0 Å². The molecule has 1 aromatic heterocycles. The Labute approximate surface area is 114 Å². The Morgan fingerprint density at radius 2 is 1.89 bits per heavy atom. The first-order valence-electron chi connectivity index (χ1n) is 6.46. The fourth-order valence-electron chi connectivity index (χ4n) is 2.43. The number of likely N-dealkylation sites (tertiary alicyclic amines) is 1. The summed E-state index contributed by atoms with van der Waals surface area (Å²) in [5.41, 5.74) is 0.972. The molecule has 0 amide bonds. The zero-order valence-corrected chi connectivity index (χ0v) is 12.0. The van der Waals surface area contributed by atoms with Gasteiger partial charge < -0.3 is 14.8 Å². The first kappa shape index (κ1) is 14.2. The van der Waals surface area contributed by atoms with Crippen molar-refractivity contribution in [3.8, 4) is 0 Å². The molecule has 0 bridgehead atoms. The van der Waals surface area contributed by atoms with E-state index in [0.29, 0.717) is 0 Å². The lowest BCUT2D eigenvalue weighted by molar-refractivity contribution is -0.00461. The van der Waals surface area contributed by atoms with E-state index < -0.39 is 0 Å². The number of hydrogen-bond acceptors (Lipinski definition) is 6. The molecule has 1 aliphatic heterocycles. The highest BCUT2D eigenvalue weighted by Gasteiger charge is 2.33. The Morgan fingerprint density at radius 3 is 2.42 bits per heavy atom. The monoisotopic (exact) mass is 266 g/mol. The van der Waals surface area contributed by atoms with Crippen LogP contribution in [0.25, 0.3) is 0 Å². The van der Waals surface area contributed by atoms with Gasteiger partial charge in [0, 0.05) is 46.1 Å². The van der Waals surface area contributed by atoms with Gasteiger partial charge in [0.25, 0.3) is 0 Å². The van der Waals surface area contributed by atoms with Crippen molar-refractivity contribution in [2.24, 2.45) is 0 Å². The summed E-state index contributed by atoms with van der Waals surface area (Å²) in [7, 11) is 5.31. The van der Waals surface area contributed by atoms with Crippen LogP contribution in [0.1, 0.15) is 11.5 Å². The van der Waals surface area contributed by atoms with Crippen molar-refractivity contribution in [1.29, 1.82) is 0 Å². The standard InChI is InChI=1S/C13H22N4O2/c1-9-5-12(14-2)16-13(15-9)8-17-6-10(18-3)11(7-17)19-4/h5,10-11H,6-8H2,1-4H3,(H,14,15,16). The van der Waals surface area contributed by atoms with E-state index in [1.807, 2.05) is 20.0 Å². The maximum absolute atomic E-state index is 5.43. The summed E-state index contributed by atoms with van der Waals surface area (Å²) >= 11 is 0. The maximum Gasteiger partial charge on any atom is 0.144 e. The van der Waals surface area contributed by atoms with Crippen LogP contribution in [-0.2, 0) is 16.0 Å². The van der Waals surface area contributed by atoms with Gasteiger partial charge in [0.1, 0.15) is 11.6 Å². The van der Waals surface area contributed by atoms with E-state index in [2.05, 4.69) is 20.2 Å². The molecule has 6 heteroatoms. The number of methoxy groups -OCH3 is 2. The molecule has 1 aliphatic rings. The zero-order valence-electron chi connectivity index (χ0n) is 12.0. The summed E-state index contributed by atoms with van der Waals surface area (Å²) in [4.78, 5) is 11.2. The zero-order chi connectivity index (χ0) is 13.8. The smallest absolute Gasteiger partial charge is 0.144 e. The lowest BCUT2D eigenvalue weighted by Gasteiger charge is -2.14. The first-order chi connectivity index (χ1) is 9.16. The Hall–Kier alpha value is -1.24. The molecule has 0 aliphatic carbocycles. The van der Waals surface area contributed by atoms with Gasteiger partial charge in [-0.1, -0.05) is 0 Å². The van der Waals surface area contributed by atoms with Crippen LogP contribution < -0.4 is 5.32 Å². The molecule has 6 nitrogen and oxygen atoms in total. The van der Waals surface area contributed by atoms with E-state index in [-0.39, 0.29) is 12.2 Å². The second-order valence-electron chi connectivity index (χ2n) is 4.80. The number of aromatic nitrogens is 2. The van der Waals surface area contributed by atoms with E-state index in [1.165, 1.54) is 0 Å². The summed E-state index contributed by atoms with van der Waals surface area (Å²) in [6.45, 7) is 4.39. The number of nitrogens with zero attached hydrogens (tertiary/aromatic N) is 3. The van der Waals surface area contributed by atoms with Crippen LogP contribution in [-0.4, -0.2) is 61.4 Å². The maximum atomic E-state index is 5.43. The molecule has 2 unspecified atom stereocenters. The minimum atomic E-state index is 0.124. The van der Waals surface area contributed by atoms with Crippen LogP contribution in [0.5, 0.6) is 0 Å². The van der Waals surface area contributed by atoms with Crippen molar-refractivity contribution in [2.75, 3.05) is 39.7 Å². The third-order valence-electron chi connectivity index (χ3n) is 3.42. The third-order valence-corrected chi connectivity index (χ3v) is 3.42. The van der Waals surface area contributed by atoms with Crippen molar-refractivity contribution in [3.63, 3.8) is 0 Å². The lowest BCUT2D eigenvalue weighted by Crippen LogP contribution is -2.27. The van der Waals surface area contributed by atoms with Gasteiger partial charge in [0.2, 0.25) is 0 Å². The van der Waals surface area contributed by atoms with Crippen molar-refractivity contribution in [1.82, 2.24) is 14.9 Å². The molecule has 0 saturated carbocycles. The molecule has 1 saturated heterocycles. The summed E-state index contributed by atoms with van der Waals surface area (Å²) < 4.78 is 10.9. The number of anilines is 1. The van der Waals surface area contributed by atoms with E-state index in [9.17, 15) is 0 Å². The molecule has 1 N–H and O–H groups in total. The molecule has 0 spiro atoms. The van der Waals surface area contributed by atoms with Gasteiger partial charge in [-0.05, 0) is 6.92 Å². The molecule has 0 aromatic carbocycles. The average Bonchev–Trinajstić information content (AvgIpc) is 2.80. The quantitative estimate of drug-likeness (QED) is 0.845. The molecule has 0 radical (unpaired) electrons. The van der Waals surface area contributed by atoms with E-state index in [0.717, 1.165) is 37.0 Å². The molecule has 2 heterocycles. The van der Waals surface area contributed by atoms with Gasteiger partial charge >= 0.3 is 0 Å². The molecule has 1 aromatic rings. The predicted octanol–water partition coefficient (Wildman–Crippen LogP) is 0.672. The summed E-state index contributed by atoms with van der Waals surface area (Å²) in [6.07, 6.45) is 0.247. The summed E-state index contributed by atoms with van der Waals surface area (Å²) in [6, 6.07) is 1.93. The molecule has 19 heavy (non-hydrogen) atoms. The van der Waals surface area contributed by atoms with Crippen molar-refractivity contribution in [2.45, 2.75) is 25.7 Å². The Balaban J connectivity index is 2.04. The second kappa shape index (κ2) is 6.27. The van der Waals surface area contributed by atoms with Crippen molar-refractivity contribution < 1.29 is 9.47 Å². The normalized spacial score (nSPS) is 23.8. The van der Waals surface area contributed by atoms with E-state index >= 15 is 0 Å².